The third-order valence-electron chi connectivity index (χ3n) is 5.28. The zero-order chi connectivity index (χ0) is 24.0. The fraction of sp³-hybridized carbons (Fsp3) is 0.280. The summed E-state index contributed by atoms with van der Waals surface area (Å²) in [4.78, 5) is 27.5. The summed E-state index contributed by atoms with van der Waals surface area (Å²) in [5.41, 5.74) is 0.796. The minimum absolute atomic E-state index is 0.0523. The van der Waals surface area contributed by atoms with Gasteiger partial charge in [-0.3, -0.25) is 9.59 Å². The lowest BCUT2D eigenvalue weighted by Gasteiger charge is -2.25. The highest BCUT2D eigenvalue weighted by Crippen LogP contribution is 2.42. The highest BCUT2D eigenvalue weighted by molar-refractivity contribution is 6.46. The van der Waals surface area contributed by atoms with Gasteiger partial charge in [0.05, 0.1) is 38.0 Å². The number of ketones is 1. The second-order valence-electron chi connectivity index (χ2n) is 7.22. The number of benzene rings is 2. The second-order valence-corrected chi connectivity index (χ2v) is 7.22. The largest absolute Gasteiger partial charge is 0.507 e. The Kier molecular flexibility index (Phi) is 7.74. The molecule has 1 saturated heterocycles. The molecule has 0 aromatic heterocycles. The Balaban J connectivity index is 2.20. The van der Waals surface area contributed by atoms with Crippen LogP contribution in [0.2, 0.25) is 0 Å². The fourth-order valence-corrected chi connectivity index (χ4v) is 3.72. The molecule has 33 heavy (non-hydrogen) atoms. The average molecular weight is 453 g/mol. The van der Waals surface area contributed by atoms with Crippen molar-refractivity contribution in [2.45, 2.75) is 6.04 Å². The van der Waals surface area contributed by atoms with Crippen LogP contribution in [0.1, 0.15) is 17.2 Å². The number of methoxy groups -OCH3 is 3. The van der Waals surface area contributed by atoms with Crippen LogP contribution < -0.4 is 14.2 Å². The number of aliphatic hydroxyl groups excluding tert-OH is 1. The van der Waals surface area contributed by atoms with Gasteiger partial charge in [-0.05, 0) is 35.9 Å². The number of ether oxygens (including phenoxy) is 4. The van der Waals surface area contributed by atoms with Crippen LogP contribution in [0.4, 0.5) is 0 Å². The van der Waals surface area contributed by atoms with Gasteiger partial charge in [-0.25, -0.2) is 0 Å². The van der Waals surface area contributed by atoms with E-state index in [9.17, 15) is 14.7 Å². The van der Waals surface area contributed by atoms with Crippen LogP contribution in [0.3, 0.4) is 0 Å². The van der Waals surface area contributed by atoms with Crippen LogP contribution in [0.5, 0.6) is 17.2 Å². The maximum Gasteiger partial charge on any atom is 0.295 e. The molecule has 0 bridgehead atoms. The molecule has 1 heterocycles. The van der Waals surface area contributed by atoms with E-state index in [1.165, 1.54) is 26.2 Å². The predicted octanol–water partition coefficient (Wildman–Crippen LogP) is 3.34. The van der Waals surface area contributed by atoms with Crippen molar-refractivity contribution in [3.63, 3.8) is 0 Å². The van der Waals surface area contributed by atoms with Crippen LogP contribution in [0.25, 0.3) is 5.76 Å². The van der Waals surface area contributed by atoms with Gasteiger partial charge in [-0.15, -0.1) is 0 Å². The molecule has 2 aromatic rings. The average Bonchev–Trinajstić information content (AvgIpc) is 3.10. The number of aliphatic hydroxyl groups is 1. The van der Waals surface area contributed by atoms with Crippen molar-refractivity contribution in [3.05, 3.63) is 71.8 Å². The third kappa shape index (κ3) is 4.85. The smallest absolute Gasteiger partial charge is 0.295 e. The number of carbonyl (C=O) groups is 2. The predicted molar refractivity (Wildman–Crippen MR) is 123 cm³/mol. The van der Waals surface area contributed by atoms with Crippen molar-refractivity contribution in [2.75, 3.05) is 41.1 Å². The van der Waals surface area contributed by atoms with Crippen LogP contribution in [-0.2, 0) is 14.3 Å². The van der Waals surface area contributed by atoms with Gasteiger partial charge in [0.1, 0.15) is 29.6 Å². The van der Waals surface area contributed by atoms with Crippen LogP contribution >= 0.6 is 0 Å². The van der Waals surface area contributed by atoms with Crippen molar-refractivity contribution in [3.8, 4) is 17.2 Å². The van der Waals surface area contributed by atoms with E-state index in [0.717, 1.165) is 0 Å². The van der Waals surface area contributed by atoms with E-state index < -0.39 is 17.7 Å². The van der Waals surface area contributed by atoms with Crippen molar-refractivity contribution in [2.24, 2.45) is 0 Å². The summed E-state index contributed by atoms with van der Waals surface area (Å²) >= 11 is 0. The Bertz CT molecular complexity index is 1080. The van der Waals surface area contributed by atoms with Gasteiger partial charge in [-0.2, -0.15) is 0 Å². The maximum absolute atomic E-state index is 13.1. The minimum atomic E-state index is -0.844. The summed E-state index contributed by atoms with van der Waals surface area (Å²) in [5.74, 6) is -0.538. The molecule has 0 aliphatic carbocycles. The summed E-state index contributed by atoms with van der Waals surface area (Å²) in [6.45, 7) is 4.32. The molecule has 0 spiro atoms. The fourth-order valence-electron chi connectivity index (χ4n) is 3.72. The Morgan fingerprint density at radius 1 is 1.09 bits per heavy atom. The first-order chi connectivity index (χ1) is 16.0. The van der Waals surface area contributed by atoms with Crippen molar-refractivity contribution in [1.82, 2.24) is 4.90 Å². The van der Waals surface area contributed by atoms with Crippen molar-refractivity contribution in [1.29, 1.82) is 0 Å². The number of carbonyl (C=O) groups excluding carboxylic acids is 2. The normalized spacial score (nSPS) is 17.2. The summed E-state index contributed by atoms with van der Waals surface area (Å²) < 4.78 is 21.4. The summed E-state index contributed by atoms with van der Waals surface area (Å²) in [6.07, 6.45) is 1.62. The zero-order valence-electron chi connectivity index (χ0n) is 18.9. The van der Waals surface area contributed by atoms with Gasteiger partial charge in [0, 0.05) is 13.7 Å². The summed E-state index contributed by atoms with van der Waals surface area (Å²) in [5, 5.41) is 11.3. The Morgan fingerprint density at radius 3 is 2.55 bits per heavy atom. The molecule has 1 atom stereocenters. The second kappa shape index (κ2) is 10.7. The van der Waals surface area contributed by atoms with E-state index >= 15 is 0 Å². The molecule has 8 heteroatoms. The molecule has 1 N–H and O–H groups in total. The molecule has 3 rings (SSSR count). The summed E-state index contributed by atoms with van der Waals surface area (Å²) in [6, 6.07) is 11.0. The number of rotatable bonds is 10. The summed E-state index contributed by atoms with van der Waals surface area (Å²) in [7, 11) is 4.45. The van der Waals surface area contributed by atoms with Gasteiger partial charge in [0.25, 0.3) is 11.7 Å². The molecule has 1 aliphatic heterocycles. The van der Waals surface area contributed by atoms with E-state index in [1.54, 1.807) is 48.5 Å². The molecular formula is C25H27NO7. The van der Waals surface area contributed by atoms with E-state index in [0.29, 0.717) is 29.4 Å². The van der Waals surface area contributed by atoms with Crippen molar-refractivity contribution >= 4 is 17.4 Å². The van der Waals surface area contributed by atoms with E-state index in [-0.39, 0.29) is 30.0 Å². The minimum Gasteiger partial charge on any atom is -0.507 e. The van der Waals surface area contributed by atoms with Crippen LogP contribution in [0, 0.1) is 0 Å². The van der Waals surface area contributed by atoms with Crippen molar-refractivity contribution < 1.29 is 33.6 Å². The molecule has 1 fully saturated rings. The van der Waals surface area contributed by atoms with Gasteiger partial charge in [0.2, 0.25) is 0 Å². The number of nitrogens with zero attached hydrogens (tertiary/aromatic N) is 1. The quantitative estimate of drug-likeness (QED) is 0.255. The van der Waals surface area contributed by atoms with Gasteiger partial charge in [-0.1, -0.05) is 24.8 Å². The molecule has 0 saturated carbocycles. The van der Waals surface area contributed by atoms with E-state index in [1.807, 2.05) is 0 Å². The lowest BCUT2D eigenvalue weighted by atomic mass is 9.94. The molecule has 1 amide bonds. The monoisotopic (exact) mass is 453 g/mol. The Hall–Kier alpha value is -3.78. The number of Topliss-reactive ketones (excluding diaryl/α,β-unsaturated/α-hetero) is 1. The number of amides is 1. The molecule has 1 aliphatic rings. The molecule has 2 aromatic carbocycles. The highest BCUT2D eigenvalue weighted by atomic mass is 16.5. The first-order valence-electron chi connectivity index (χ1n) is 10.3. The SMILES string of the molecule is C=CCOc1cccc(C2/C(=C(\O)c3cc(OC)ccc3OC)C(=O)C(=O)N2CCOC)c1. The maximum atomic E-state index is 13.1. The molecular weight excluding hydrogens is 426 g/mol. The molecule has 8 nitrogen and oxygen atoms in total. The van der Waals surface area contributed by atoms with Crippen LogP contribution in [-0.4, -0.2) is 62.8 Å². The molecule has 174 valence electrons. The molecule has 0 radical (unpaired) electrons. The Labute approximate surface area is 192 Å². The Morgan fingerprint density at radius 2 is 1.88 bits per heavy atom. The van der Waals surface area contributed by atoms with Crippen LogP contribution in [0.15, 0.2) is 60.7 Å². The number of hydrogen-bond donors (Lipinski definition) is 1. The zero-order valence-corrected chi connectivity index (χ0v) is 18.9. The third-order valence-corrected chi connectivity index (χ3v) is 5.28. The van der Waals surface area contributed by atoms with Gasteiger partial charge in [0.15, 0.2) is 0 Å². The first-order valence-corrected chi connectivity index (χ1v) is 10.3. The van der Waals surface area contributed by atoms with E-state index in [4.69, 9.17) is 18.9 Å². The lowest BCUT2D eigenvalue weighted by molar-refractivity contribution is -0.140. The standard InChI is InChI=1S/C25H27NO7/c1-5-12-33-18-8-6-7-16(14-18)22-21(24(28)25(29)26(22)11-13-30-2)23(27)19-15-17(31-3)9-10-20(19)32-4/h5-10,14-15,22,27H,1,11-13H2,2-4H3/b23-21+. The highest BCUT2D eigenvalue weighted by Gasteiger charge is 2.46. The lowest BCUT2D eigenvalue weighted by Crippen LogP contribution is -2.32. The van der Waals surface area contributed by atoms with Gasteiger partial charge >= 0.3 is 0 Å². The van der Waals surface area contributed by atoms with Gasteiger partial charge < -0.3 is 29.0 Å². The van der Waals surface area contributed by atoms with E-state index in [2.05, 4.69) is 6.58 Å². The topological polar surface area (TPSA) is 94.5 Å². The number of likely N-dealkylation sites (tertiary alicyclic amines) is 1. The first kappa shape index (κ1) is 23.9. The molecule has 1 unspecified atom stereocenters. The number of hydrogen-bond acceptors (Lipinski definition) is 7.